The van der Waals surface area contributed by atoms with Crippen molar-refractivity contribution in [1.82, 2.24) is 4.90 Å². The van der Waals surface area contributed by atoms with Gasteiger partial charge in [0.05, 0.1) is 25.4 Å². The Kier molecular flexibility index (Phi) is 7.86. The minimum atomic E-state index is -0.152. The molecule has 162 valence electrons. The average molecular weight is 418 g/mol. The van der Waals surface area contributed by atoms with Gasteiger partial charge in [0.1, 0.15) is 0 Å². The third-order valence-corrected chi connectivity index (χ3v) is 5.84. The molecule has 0 aromatic heterocycles. The molecule has 4 rings (SSSR count). The van der Waals surface area contributed by atoms with Crippen LogP contribution in [0.25, 0.3) is 0 Å². The van der Waals surface area contributed by atoms with E-state index in [4.69, 9.17) is 9.47 Å². The largest absolute Gasteiger partial charge is 0.396 e. The molecule has 0 radical (unpaired) electrons. The van der Waals surface area contributed by atoms with E-state index in [-0.39, 0.29) is 24.7 Å². The summed E-state index contributed by atoms with van der Waals surface area (Å²) in [6, 6.07) is 30.9. The molecule has 3 aromatic carbocycles. The number of piperidine rings is 1. The Labute approximate surface area is 185 Å². The van der Waals surface area contributed by atoms with Gasteiger partial charge in [0, 0.05) is 32.2 Å². The van der Waals surface area contributed by atoms with Crippen LogP contribution in [0.15, 0.2) is 91.0 Å². The molecule has 1 saturated heterocycles. The molecule has 0 spiro atoms. The first-order valence-corrected chi connectivity index (χ1v) is 11.0. The van der Waals surface area contributed by atoms with E-state index in [9.17, 15) is 5.11 Å². The summed E-state index contributed by atoms with van der Waals surface area (Å²) < 4.78 is 12.8. The molecule has 1 aliphatic rings. The van der Waals surface area contributed by atoms with Crippen LogP contribution in [0.1, 0.15) is 16.7 Å². The maximum atomic E-state index is 10.2. The van der Waals surface area contributed by atoms with Crippen LogP contribution in [0.4, 0.5) is 0 Å². The van der Waals surface area contributed by atoms with Crippen LogP contribution in [0.2, 0.25) is 0 Å². The van der Waals surface area contributed by atoms with Gasteiger partial charge >= 0.3 is 0 Å². The van der Waals surface area contributed by atoms with Crippen molar-refractivity contribution in [3.8, 4) is 0 Å². The lowest BCUT2D eigenvalue weighted by Gasteiger charge is -2.43. The summed E-state index contributed by atoms with van der Waals surface area (Å²) in [5.41, 5.74) is 3.54. The van der Waals surface area contributed by atoms with E-state index in [0.29, 0.717) is 13.2 Å². The third kappa shape index (κ3) is 6.25. The van der Waals surface area contributed by atoms with Crippen LogP contribution in [0.3, 0.4) is 0 Å². The highest BCUT2D eigenvalue weighted by Gasteiger charge is 2.38. The van der Waals surface area contributed by atoms with Gasteiger partial charge in [0.2, 0.25) is 0 Å². The molecule has 0 bridgehead atoms. The zero-order valence-corrected chi connectivity index (χ0v) is 17.8. The van der Waals surface area contributed by atoms with E-state index < -0.39 is 0 Å². The van der Waals surface area contributed by atoms with Gasteiger partial charge in [-0.15, -0.1) is 0 Å². The molecular formula is C27H31NO3. The number of ether oxygens (including phenoxy) is 2. The first-order chi connectivity index (χ1) is 15.3. The monoisotopic (exact) mass is 417 g/mol. The highest BCUT2D eigenvalue weighted by Crippen LogP contribution is 2.26. The minimum Gasteiger partial charge on any atom is -0.396 e. The third-order valence-electron chi connectivity index (χ3n) is 5.84. The number of rotatable bonds is 9. The van der Waals surface area contributed by atoms with E-state index in [1.807, 2.05) is 42.5 Å². The molecule has 1 heterocycles. The van der Waals surface area contributed by atoms with Crippen LogP contribution in [0.5, 0.6) is 0 Å². The molecule has 3 aromatic rings. The molecule has 0 saturated carbocycles. The van der Waals surface area contributed by atoms with E-state index in [1.54, 1.807) is 0 Å². The molecule has 4 heteroatoms. The normalized spacial score (nSPS) is 21.8. The number of aliphatic hydroxyl groups excluding tert-OH is 1. The standard InChI is InChI=1S/C27H31NO3/c29-19-25-17-28(16-22-10-4-1-5-11-22)18-26(30-20-23-12-6-2-7-13-23)27(25)31-21-24-14-8-3-9-15-24/h1-15,25-27,29H,16-21H2/t25-,26+,27-/m1/s1. The van der Waals surface area contributed by atoms with E-state index >= 15 is 0 Å². The first-order valence-electron chi connectivity index (χ1n) is 11.0. The summed E-state index contributed by atoms with van der Waals surface area (Å²) in [6.45, 7) is 3.54. The predicted octanol–water partition coefficient (Wildman–Crippen LogP) is 4.28. The predicted molar refractivity (Wildman–Crippen MR) is 122 cm³/mol. The number of hydrogen-bond acceptors (Lipinski definition) is 4. The quantitative estimate of drug-likeness (QED) is 0.564. The molecule has 0 unspecified atom stereocenters. The van der Waals surface area contributed by atoms with E-state index in [0.717, 1.165) is 30.8 Å². The maximum absolute atomic E-state index is 10.2. The molecule has 0 amide bonds. The van der Waals surface area contributed by atoms with Crippen molar-refractivity contribution in [1.29, 1.82) is 0 Å². The van der Waals surface area contributed by atoms with Gasteiger partial charge in [-0.2, -0.15) is 0 Å². The lowest BCUT2D eigenvalue weighted by atomic mass is 9.92. The van der Waals surface area contributed by atoms with Crippen molar-refractivity contribution in [2.24, 2.45) is 5.92 Å². The van der Waals surface area contributed by atoms with Gasteiger partial charge in [0.15, 0.2) is 0 Å². The van der Waals surface area contributed by atoms with Gasteiger partial charge in [-0.05, 0) is 16.7 Å². The second kappa shape index (κ2) is 11.2. The molecule has 3 atom stereocenters. The summed E-state index contributed by atoms with van der Waals surface area (Å²) in [5.74, 6) is 0.00180. The van der Waals surface area contributed by atoms with Gasteiger partial charge in [-0.25, -0.2) is 0 Å². The molecule has 0 aliphatic carbocycles. The lowest BCUT2D eigenvalue weighted by Crippen LogP contribution is -2.55. The fourth-order valence-corrected chi connectivity index (χ4v) is 4.24. The van der Waals surface area contributed by atoms with Crippen LogP contribution >= 0.6 is 0 Å². The minimum absolute atomic E-state index is 0.00180. The molecule has 1 aliphatic heterocycles. The SMILES string of the molecule is OC[C@H]1CN(Cc2ccccc2)C[C@H](OCc2ccccc2)[C@@H]1OCc1ccccc1. The van der Waals surface area contributed by atoms with Gasteiger partial charge < -0.3 is 14.6 Å². The van der Waals surface area contributed by atoms with Gasteiger partial charge in [-0.3, -0.25) is 4.90 Å². The van der Waals surface area contributed by atoms with Gasteiger partial charge in [0.25, 0.3) is 0 Å². The van der Waals surface area contributed by atoms with Crippen molar-refractivity contribution >= 4 is 0 Å². The molecule has 31 heavy (non-hydrogen) atoms. The second-order valence-corrected chi connectivity index (χ2v) is 8.22. The van der Waals surface area contributed by atoms with Crippen molar-refractivity contribution in [3.63, 3.8) is 0 Å². The Bertz CT molecular complexity index is 888. The van der Waals surface area contributed by atoms with Gasteiger partial charge in [-0.1, -0.05) is 91.0 Å². The first kappa shape index (κ1) is 21.7. The molecular weight excluding hydrogens is 386 g/mol. The van der Waals surface area contributed by atoms with Crippen LogP contribution in [-0.2, 0) is 29.2 Å². The van der Waals surface area contributed by atoms with Crippen molar-refractivity contribution in [2.75, 3.05) is 19.7 Å². The number of benzene rings is 3. The zero-order valence-electron chi connectivity index (χ0n) is 17.8. The van der Waals surface area contributed by atoms with E-state index in [1.165, 1.54) is 5.56 Å². The van der Waals surface area contributed by atoms with Crippen LogP contribution in [0, 0.1) is 5.92 Å². The Morgan fingerprint density at radius 1 is 0.677 bits per heavy atom. The van der Waals surface area contributed by atoms with E-state index in [2.05, 4.69) is 53.4 Å². The van der Waals surface area contributed by atoms with Crippen molar-refractivity contribution < 1.29 is 14.6 Å². The fraction of sp³-hybridized carbons (Fsp3) is 0.333. The number of nitrogens with zero attached hydrogens (tertiary/aromatic N) is 1. The summed E-state index contributed by atoms with van der Waals surface area (Å²) in [5, 5.41) is 10.2. The number of hydrogen-bond donors (Lipinski definition) is 1. The number of aliphatic hydroxyl groups is 1. The smallest absolute Gasteiger partial charge is 0.0972 e. The fourth-order valence-electron chi connectivity index (χ4n) is 4.24. The molecule has 4 nitrogen and oxygen atoms in total. The lowest BCUT2D eigenvalue weighted by molar-refractivity contribution is -0.153. The number of likely N-dealkylation sites (tertiary alicyclic amines) is 1. The Morgan fingerprint density at radius 2 is 1.19 bits per heavy atom. The maximum Gasteiger partial charge on any atom is 0.0972 e. The highest BCUT2D eigenvalue weighted by atomic mass is 16.5. The van der Waals surface area contributed by atoms with Crippen LogP contribution in [-0.4, -0.2) is 41.9 Å². The summed E-state index contributed by atoms with van der Waals surface area (Å²) in [6.07, 6.45) is -0.264. The Hall–Kier alpha value is -2.50. The average Bonchev–Trinajstić information content (AvgIpc) is 2.83. The Balaban J connectivity index is 1.47. The second-order valence-electron chi connectivity index (χ2n) is 8.22. The van der Waals surface area contributed by atoms with Crippen LogP contribution < -0.4 is 0 Å². The summed E-state index contributed by atoms with van der Waals surface area (Å²) in [7, 11) is 0. The summed E-state index contributed by atoms with van der Waals surface area (Å²) in [4.78, 5) is 2.37. The molecule has 1 N–H and O–H groups in total. The zero-order chi connectivity index (χ0) is 21.3. The highest BCUT2D eigenvalue weighted by molar-refractivity contribution is 5.16. The molecule has 1 fully saturated rings. The Morgan fingerprint density at radius 3 is 1.74 bits per heavy atom. The van der Waals surface area contributed by atoms with Crippen molar-refractivity contribution in [3.05, 3.63) is 108 Å². The van der Waals surface area contributed by atoms with Crippen molar-refractivity contribution in [2.45, 2.75) is 32.0 Å². The summed E-state index contributed by atoms with van der Waals surface area (Å²) >= 11 is 0. The topological polar surface area (TPSA) is 41.9 Å².